The molecule has 5 nitrogen and oxygen atoms in total. The first-order valence-electron chi connectivity index (χ1n) is 9.35. The second kappa shape index (κ2) is 9.11. The molecular formula is C22H28ClN3O2. The van der Waals surface area contributed by atoms with E-state index in [0.29, 0.717) is 13.1 Å². The van der Waals surface area contributed by atoms with E-state index in [1.807, 2.05) is 45.0 Å². The fraction of sp³-hybridized carbons (Fsp3) is 0.364. The fourth-order valence-corrected chi connectivity index (χ4v) is 3.86. The van der Waals surface area contributed by atoms with Crippen LogP contribution in [-0.2, 0) is 16.0 Å². The lowest BCUT2D eigenvalue weighted by molar-refractivity contribution is -0.126. The van der Waals surface area contributed by atoms with Crippen LogP contribution in [0.5, 0.6) is 0 Å². The Morgan fingerprint density at radius 3 is 2.36 bits per heavy atom. The number of benzene rings is 2. The van der Waals surface area contributed by atoms with E-state index in [0.717, 1.165) is 34.5 Å². The summed E-state index contributed by atoms with van der Waals surface area (Å²) in [7, 11) is 0. The van der Waals surface area contributed by atoms with Crippen LogP contribution in [0.2, 0.25) is 0 Å². The van der Waals surface area contributed by atoms with E-state index >= 15 is 0 Å². The number of hydrogen-bond donors (Lipinski definition) is 2. The molecule has 1 saturated heterocycles. The summed E-state index contributed by atoms with van der Waals surface area (Å²) < 4.78 is 0. The van der Waals surface area contributed by atoms with Crippen LogP contribution >= 0.6 is 12.4 Å². The van der Waals surface area contributed by atoms with Gasteiger partial charge in [-0.15, -0.1) is 12.4 Å². The molecule has 1 unspecified atom stereocenters. The van der Waals surface area contributed by atoms with Gasteiger partial charge in [0.05, 0.1) is 5.92 Å². The second-order valence-corrected chi connectivity index (χ2v) is 7.44. The number of carbonyl (C=O) groups is 2. The minimum atomic E-state index is -0.302. The van der Waals surface area contributed by atoms with Gasteiger partial charge in [-0.2, -0.15) is 0 Å². The summed E-state index contributed by atoms with van der Waals surface area (Å²) in [6.45, 7) is 7.07. The lowest BCUT2D eigenvalue weighted by atomic mass is 10.0. The van der Waals surface area contributed by atoms with Gasteiger partial charge < -0.3 is 16.0 Å². The third-order valence-corrected chi connectivity index (χ3v) is 5.09. The molecule has 150 valence electrons. The zero-order valence-corrected chi connectivity index (χ0v) is 17.4. The Bertz CT molecular complexity index is 842. The van der Waals surface area contributed by atoms with E-state index in [-0.39, 0.29) is 36.6 Å². The molecule has 2 aromatic rings. The number of nitrogen functional groups attached to an aromatic ring is 1. The number of amides is 2. The van der Waals surface area contributed by atoms with Crippen LogP contribution in [0.25, 0.3) is 0 Å². The van der Waals surface area contributed by atoms with Crippen LogP contribution < -0.4 is 16.0 Å². The van der Waals surface area contributed by atoms with Crippen LogP contribution in [-0.4, -0.2) is 24.9 Å². The molecule has 0 bridgehead atoms. The van der Waals surface area contributed by atoms with Gasteiger partial charge >= 0.3 is 0 Å². The molecule has 0 aliphatic carbocycles. The highest BCUT2D eigenvalue weighted by Crippen LogP contribution is 2.31. The summed E-state index contributed by atoms with van der Waals surface area (Å²) in [4.78, 5) is 26.8. The van der Waals surface area contributed by atoms with Crippen molar-refractivity contribution in [1.82, 2.24) is 5.32 Å². The van der Waals surface area contributed by atoms with E-state index in [9.17, 15) is 9.59 Å². The van der Waals surface area contributed by atoms with Crippen molar-refractivity contribution in [3.63, 3.8) is 0 Å². The average molecular weight is 402 g/mol. The van der Waals surface area contributed by atoms with Crippen molar-refractivity contribution in [2.45, 2.75) is 33.6 Å². The van der Waals surface area contributed by atoms with Gasteiger partial charge in [0.25, 0.3) is 0 Å². The van der Waals surface area contributed by atoms with Crippen molar-refractivity contribution < 1.29 is 9.59 Å². The van der Waals surface area contributed by atoms with Crippen molar-refractivity contribution in [3.05, 3.63) is 58.7 Å². The van der Waals surface area contributed by atoms with Gasteiger partial charge in [-0.25, -0.2) is 0 Å². The highest BCUT2D eigenvalue weighted by atomic mass is 35.5. The molecule has 6 heteroatoms. The third-order valence-electron chi connectivity index (χ3n) is 5.09. The minimum absolute atomic E-state index is 0. The van der Waals surface area contributed by atoms with E-state index < -0.39 is 0 Å². The summed E-state index contributed by atoms with van der Waals surface area (Å²) in [5.41, 5.74) is 11.8. The lowest BCUT2D eigenvalue weighted by Gasteiger charge is -2.22. The maximum atomic E-state index is 12.5. The van der Waals surface area contributed by atoms with Crippen molar-refractivity contribution in [3.8, 4) is 0 Å². The molecule has 28 heavy (non-hydrogen) atoms. The number of aryl methyl sites for hydroxylation is 3. The molecular weight excluding hydrogens is 374 g/mol. The highest BCUT2D eigenvalue weighted by Gasteiger charge is 2.36. The summed E-state index contributed by atoms with van der Waals surface area (Å²) in [5.74, 6) is -0.337. The van der Waals surface area contributed by atoms with Gasteiger partial charge in [-0.3, -0.25) is 9.59 Å². The molecule has 1 aliphatic heterocycles. The predicted octanol–water partition coefficient (Wildman–Crippen LogP) is 3.33. The number of halogens is 1. The van der Waals surface area contributed by atoms with E-state index in [1.54, 1.807) is 4.90 Å². The molecule has 0 radical (unpaired) electrons. The van der Waals surface area contributed by atoms with Crippen LogP contribution in [0.1, 0.15) is 28.7 Å². The van der Waals surface area contributed by atoms with E-state index in [1.165, 1.54) is 5.56 Å². The first-order chi connectivity index (χ1) is 12.8. The zero-order valence-electron chi connectivity index (χ0n) is 16.6. The molecule has 0 aromatic heterocycles. The predicted molar refractivity (Wildman–Crippen MR) is 116 cm³/mol. The lowest BCUT2D eigenvalue weighted by Crippen LogP contribution is -2.34. The van der Waals surface area contributed by atoms with Gasteiger partial charge in [-0.05, 0) is 56.0 Å². The van der Waals surface area contributed by atoms with Gasteiger partial charge in [0.2, 0.25) is 11.8 Å². The minimum Gasteiger partial charge on any atom is -0.399 e. The fourth-order valence-electron chi connectivity index (χ4n) is 3.86. The molecule has 0 saturated carbocycles. The number of carbonyl (C=O) groups excluding carboxylic acids is 2. The molecule has 1 aliphatic rings. The number of nitrogens with one attached hydrogen (secondary N) is 1. The van der Waals surface area contributed by atoms with E-state index in [2.05, 4.69) is 17.4 Å². The Balaban J connectivity index is 0.00000280. The van der Waals surface area contributed by atoms with E-state index in [4.69, 9.17) is 5.73 Å². The number of rotatable bonds is 5. The summed E-state index contributed by atoms with van der Waals surface area (Å²) in [6, 6.07) is 11.8. The van der Waals surface area contributed by atoms with Crippen LogP contribution in [0.3, 0.4) is 0 Å². The first-order valence-corrected chi connectivity index (χ1v) is 9.35. The number of nitrogens with zero attached hydrogens (tertiary/aromatic N) is 1. The molecule has 0 spiro atoms. The molecule has 1 heterocycles. The maximum absolute atomic E-state index is 12.5. The summed E-state index contributed by atoms with van der Waals surface area (Å²) >= 11 is 0. The summed E-state index contributed by atoms with van der Waals surface area (Å²) in [6.07, 6.45) is 1.01. The van der Waals surface area contributed by atoms with Gasteiger partial charge in [0.15, 0.2) is 0 Å². The molecule has 1 fully saturated rings. The normalized spacial score (nSPS) is 16.0. The van der Waals surface area contributed by atoms with Crippen molar-refractivity contribution in [2.75, 3.05) is 23.7 Å². The van der Waals surface area contributed by atoms with Crippen molar-refractivity contribution >= 4 is 35.6 Å². The summed E-state index contributed by atoms with van der Waals surface area (Å²) in [5, 5.41) is 2.97. The average Bonchev–Trinajstić information content (AvgIpc) is 2.97. The zero-order chi connectivity index (χ0) is 19.6. The topological polar surface area (TPSA) is 75.4 Å². The number of hydrogen-bond acceptors (Lipinski definition) is 3. The third kappa shape index (κ3) is 4.84. The van der Waals surface area contributed by atoms with Crippen LogP contribution in [0.4, 0.5) is 11.4 Å². The Labute approximate surface area is 172 Å². The Hall–Kier alpha value is -2.53. The molecule has 2 amide bonds. The number of anilines is 2. The maximum Gasteiger partial charge on any atom is 0.227 e. The monoisotopic (exact) mass is 401 g/mol. The van der Waals surface area contributed by atoms with Gasteiger partial charge in [0.1, 0.15) is 0 Å². The Morgan fingerprint density at radius 2 is 1.75 bits per heavy atom. The molecule has 1 atom stereocenters. The second-order valence-electron chi connectivity index (χ2n) is 7.44. The van der Waals surface area contributed by atoms with Crippen molar-refractivity contribution in [2.24, 2.45) is 5.92 Å². The largest absolute Gasteiger partial charge is 0.399 e. The standard InChI is InChI=1S/C22H27N3O2.ClH/c1-14-10-15(2)21(16(3)11-14)25-13-18(12-20(25)26)22(27)24-9-8-17-4-6-19(23)7-5-17;/h4-7,10-11,18H,8-9,12-13,23H2,1-3H3,(H,24,27);1H. The van der Waals surface area contributed by atoms with Gasteiger partial charge in [-0.1, -0.05) is 29.8 Å². The number of nitrogens with two attached hydrogens (primary N) is 1. The smallest absolute Gasteiger partial charge is 0.227 e. The Kier molecular flexibility index (Phi) is 7.08. The van der Waals surface area contributed by atoms with Crippen molar-refractivity contribution in [1.29, 1.82) is 0 Å². The quantitative estimate of drug-likeness (QED) is 0.754. The van der Waals surface area contributed by atoms with Crippen LogP contribution in [0.15, 0.2) is 36.4 Å². The first kappa shape index (κ1) is 21.8. The molecule has 2 aromatic carbocycles. The molecule has 3 rings (SSSR count). The highest BCUT2D eigenvalue weighted by molar-refractivity contribution is 6.01. The van der Waals surface area contributed by atoms with Crippen LogP contribution in [0, 0.1) is 26.7 Å². The Morgan fingerprint density at radius 1 is 1.14 bits per heavy atom. The van der Waals surface area contributed by atoms with Gasteiger partial charge in [0, 0.05) is 30.9 Å². The molecule has 3 N–H and O–H groups in total. The SMILES string of the molecule is Cc1cc(C)c(N2CC(C(=O)NCCc3ccc(N)cc3)CC2=O)c(C)c1.Cl.